The molecule has 0 amide bonds. The van der Waals surface area contributed by atoms with E-state index in [-0.39, 0.29) is 17.9 Å². The van der Waals surface area contributed by atoms with Crippen LogP contribution in [0.25, 0.3) is 0 Å². The molecule has 3 nitrogen and oxygen atoms in total. The molecule has 0 aliphatic heterocycles. The Bertz CT molecular complexity index is 469. The van der Waals surface area contributed by atoms with Gasteiger partial charge in [-0.3, -0.25) is 4.79 Å². The fraction of sp³-hybridized carbons (Fsp3) is 0.500. The maximum absolute atomic E-state index is 12.8. The largest absolute Gasteiger partial charge is 0.512 e. The smallest absolute Gasteiger partial charge is 0.423 e. The number of Topliss-reactive ketones (excluding diaryl/α,β-unsaturated/α-hetero) is 1. The third kappa shape index (κ3) is 4.75. The fourth-order valence-corrected chi connectivity index (χ4v) is 1.70. The first-order valence-electron chi connectivity index (χ1n) is 5.99. The van der Waals surface area contributed by atoms with Crippen LogP contribution in [0.5, 0.6) is 0 Å². The summed E-state index contributed by atoms with van der Waals surface area (Å²) in [6, 6.07) is 0. The van der Waals surface area contributed by atoms with E-state index >= 15 is 0 Å². The van der Waals surface area contributed by atoms with Crippen LogP contribution in [-0.4, -0.2) is 22.2 Å². The lowest BCUT2D eigenvalue weighted by atomic mass is 9.96. The second-order valence-electron chi connectivity index (χ2n) is 4.98. The minimum absolute atomic E-state index is 0.0381. The molecule has 0 saturated heterocycles. The van der Waals surface area contributed by atoms with Crippen molar-refractivity contribution in [3.8, 4) is 0 Å². The van der Waals surface area contributed by atoms with Crippen LogP contribution in [0.2, 0.25) is 0 Å². The van der Waals surface area contributed by atoms with Crippen molar-refractivity contribution < 1.29 is 28.2 Å². The second kappa shape index (κ2) is 6.63. The van der Waals surface area contributed by atoms with E-state index in [4.69, 9.17) is 0 Å². The van der Waals surface area contributed by atoms with Gasteiger partial charge in [0.05, 0.1) is 5.57 Å². The molecule has 20 heavy (non-hydrogen) atoms. The molecule has 0 heterocycles. The van der Waals surface area contributed by atoms with E-state index in [9.17, 15) is 28.2 Å². The van der Waals surface area contributed by atoms with Gasteiger partial charge in [-0.25, -0.2) is 0 Å². The first-order valence-corrected chi connectivity index (χ1v) is 5.99. The normalized spacial score (nSPS) is 14.8. The highest BCUT2D eigenvalue weighted by atomic mass is 19.4. The number of aliphatic hydroxyl groups excluding tert-OH is 2. The summed E-state index contributed by atoms with van der Waals surface area (Å²) in [6.07, 6.45) is -4.94. The van der Waals surface area contributed by atoms with Gasteiger partial charge in [0.1, 0.15) is 17.1 Å². The zero-order chi connectivity index (χ0) is 16.2. The number of hydrogen-bond donors (Lipinski definition) is 2. The van der Waals surface area contributed by atoms with E-state index in [0.29, 0.717) is 6.92 Å². The Labute approximate surface area is 116 Å². The van der Waals surface area contributed by atoms with E-state index in [1.54, 1.807) is 13.8 Å². The highest BCUT2D eigenvalue weighted by Crippen LogP contribution is 2.34. The van der Waals surface area contributed by atoms with Gasteiger partial charge < -0.3 is 10.2 Å². The molecular weight excluding hydrogens is 273 g/mol. The Hall–Kier alpha value is -1.72. The molecule has 0 aromatic rings. The van der Waals surface area contributed by atoms with Crippen LogP contribution in [0.4, 0.5) is 13.2 Å². The van der Waals surface area contributed by atoms with Crippen LogP contribution >= 0.6 is 0 Å². The summed E-state index contributed by atoms with van der Waals surface area (Å²) in [4.78, 5) is 11.1. The number of ketones is 1. The zero-order valence-electron chi connectivity index (χ0n) is 11.9. The van der Waals surface area contributed by atoms with Gasteiger partial charge in [0.2, 0.25) is 0 Å². The van der Waals surface area contributed by atoms with Gasteiger partial charge in [0.15, 0.2) is 5.78 Å². The molecule has 0 aliphatic rings. The number of halogens is 3. The molecule has 0 rings (SSSR count). The number of carbonyl (C=O) groups excluding carboxylic acids is 1. The van der Waals surface area contributed by atoms with E-state index in [1.807, 2.05) is 0 Å². The Morgan fingerprint density at radius 1 is 1.20 bits per heavy atom. The molecule has 0 fully saturated rings. The molecule has 0 unspecified atom stereocenters. The van der Waals surface area contributed by atoms with E-state index in [2.05, 4.69) is 6.58 Å². The lowest BCUT2D eigenvalue weighted by molar-refractivity contribution is -0.128. The van der Waals surface area contributed by atoms with E-state index < -0.39 is 34.6 Å². The summed E-state index contributed by atoms with van der Waals surface area (Å²) in [5, 5.41) is 19.7. The molecule has 0 aromatic heterocycles. The first kappa shape index (κ1) is 18.3. The molecular formula is C14H19F3O3. The number of aliphatic hydroxyl groups is 2. The van der Waals surface area contributed by atoms with Crippen LogP contribution in [0.3, 0.4) is 0 Å². The van der Waals surface area contributed by atoms with Crippen molar-refractivity contribution in [1.82, 2.24) is 0 Å². The van der Waals surface area contributed by atoms with Crippen molar-refractivity contribution in [2.45, 2.75) is 40.3 Å². The van der Waals surface area contributed by atoms with Crippen LogP contribution in [0.1, 0.15) is 34.1 Å². The SMILES string of the molecule is C=C(C)C(=C(O)CC(C)C)C(O)=C(C(C)=O)C(F)(F)F. The standard InChI is InChI=1S/C14H19F3O3/c1-7(2)6-10(19)11(8(3)4)13(20)12(9(5)18)14(15,16)17/h7,19-20H,3,6H2,1-2,4-5H3. The highest BCUT2D eigenvalue weighted by molar-refractivity contribution is 5.96. The van der Waals surface area contributed by atoms with Crippen molar-refractivity contribution in [2.24, 2.45) is 5.92 Å². The summed E-state index contributed by atoms with van der Waals surface area (Å²) < 4.78 is 38.4. The molecule has 0 bridgehead atoms. The van der Waals surface area contributed by atoms with Gasteiger partial charge >= 0.3 is 6.18 Å². The first-order chi connectivity index (χ1) is 8.89. The summed E-state index contributed by atoms with van der Waals surface area (Å²) >= 11 is 0. The van der Waals surface area contributed by atoms with E-state index in [1.165, 1.54) is 6.92 Å². The maximum Gasteiger partial charge on any atom is 0.423 e. The predicted molar refractivity (Wildman–Crippen MR) is 70.3 cm³/mol. The number of rotatable bonds is 5. The zero-order valence-corrected chi connectivity index (χ0v) is 11.9. The third-order valence-electron chi connectivity index (χ3n) is 2.43. The van der Waals surface area contributed by atoms with Crippen LogP contribution in [0, 0.1) is 5.92 Å². The Morgan fingerprint density at radius 2 is 1.65 bits per heavy atom. The average molecular weight is 292 g/mol. The van der Waals surface area contributed by atoms with Crippen molar-refractivity contribution in [3.63, 3.8) is 0 Å². The molecule has 0 spiro atoms. The van der Waals surface area contributed by atoms with Crippen molar-refractivity contribution >= 4 is 5.78 Å². The Balaban J connectivity index is 6.20. The summed E-state index contributed by atoms with van der Waals surface area (Å²) in [5.74, 6) is -3.07. The number of alkyl halides is 3. The minimum Gasteiger partial charge on any atom is -0.512 e. The monoisotopic (exact) mass is 292 g/mol. The van der Waals surface area contributed by atoms with Crippen LogP contribution < -0.4 is 0 Å². The van der Waals surface area contributed by atoms with Crippen molar-refractivity contribution in [3.05, 3.63) is 34.8 Å². The Morgan fingerprint density at radius 3 is 1.90 bits per heavy atom. The number of hydrogen-bond acceptors (Lipinski definition) is 3. The fourth-order valence-electron chi connectivity index (χ4n) is 1.70. The molecule has 0 saturated carbocycles. The van der Waals surface area contributed by atoms with Crippen LogP contribution in [-0.2, 0) is 4.79 Å². The summed E-state index contributed by atoms with van der Waals surface area (Å²) in [7, 11) is 0. The minimum atomic E-state index is -5.01. The molecule has 0 radical (unpaired) electrons. The van der Waals surface area contributed by atoms with Gasteiger partial charge in [-0.1, -0.05) is 20.4 Å². The molecule has 0 aliphatic carbocycles. The van der Waals surface area contributed by atoms with Gasteiger partial charge in [-0.05, 0) is 25.3 Å². The summed E-state index contributed by atoms with van der Waals surface area (Å²) in [6.45, 7) is 8.99. The maximum atomic E-state index is 12.8. The topological polar surface area (TPSA) is 57.5 Å². The highest BCUT2D eigenvalue weighted by Gasteiger charge is 2.41. The molecule has 0 aromatic carbocycles. The quantitative estimate of drug-likeness (QED) is 0.449. The predicted octanol–water partition coefficient (Wildman–Crippen LogP) is 4.38. The van der Waals surface area contributed by atoms with Gasteiger partial charge in [-0.15, -0.1) is 0 Å². The van der Waals surface area contributed by atoms with Crippen molar-refractivity contribution in [2.75, 3.05) is 0 Å². The van der Waals surface area contributed by atoms with Crippen molar-refractivity contribution in [1.29, 1.82) is 0 Å². The van der Waals surface area contributed by atoms with Gasteiger partial charge in [0, 0.05) is 6.42 Å². The molecule has 114 valence electrons. The molecule has 2 N–H and O–H groups in total. The van der Waals surface area contributed by atoms with Gasteiger partial charge in [-0.2, -0.15) is 13.2 Å². The van der Waals surface area contributed by atoms with Gasteiger partial charge in [0.25, 0.3) is 0 Å². The second-order valence-corrected chi connectivity index (χ2v) is 4.98. The van der Waals surface area contributed by atoms with Crippen LogP contribution in [0.15, 0.2) is 34.8 Å². The molecule has 6 heteroatoms. The number of carbonyl (C=O) groups is 1. The lowest BCUT2D eigenvalue weighted by Gasteiger charge is -2.16. The average Bonchev–Trinajstić information content (AvgIpc) is 2.10. The third-order valence-corrected chi connectivity index (χ3v) is 2.43. The number of allylic oxidation sites excluding steroid dienone is 3. The molecule has 0 atom stereocenters. The van der Waals surface area contributed by atoms with E-state index in [0.717, 1.165) is 0 Å². The summed E-state index contributed by atoms with van der Waals surface area (Å²) in [5.41, 5.74) is -2.07. The lowest BCUT2D eigenvalue weighted by Crippen LogP contribution is -2.21. The Kier molecular flexibility index (Phi) is 6.06.